The number of aliphatic carboxylic acids is 1. The maximum Gasteiger partial charge on any atom is 0.341 e. The molecule has 0 unspecified atom stereocenters. The van der Waals surface area contributed by atoms with Crippen molar-refractivity contribution in [3.63, 3.8) is 0 Å². The van der Waals surface area contributed by atoms with Crippen LogP contribution in [0.25, 0.3) is 22.5 Å². The number of carbonyl (C=O) groups is 3. The van der Waals surface area contributed by atoms with Crippen molar-refractivity contribution in [2.75, 3.05) is 26.6 Å². The first-order valence-corrected chi connectivity index (χ1v) is 13.4. The molecular formula is C33H32N2O10. The molecule has 4 aromatic rings. The number of allylic oxidation sites excluding steroid dienone is 1. The number of ether oxygens (including phenoxy) is 3. The highest BCUT2D eigenvalue weighted by Crippen LogP contribution is 2.40. The third-order valence-electron chi connectivity index (χ3n) is 6.66. The number of rotatable bonds is 9. The Balaban J connectivity index is 0.000000707. The lowest BCUT2D eigenvalue weighted by molar-refractivity contribution is -0.384. The van der Waals surface area contributed by atoms with Crippen LogP contribution in [0, 0.1) is 17.0 Å². The highest BCUT2D eigenvalue weighted by Gasteiger charge is 2.22. The summed E-state index contributed by atoms with van der Waals surface area (Å²) < 4.78 is 20.9. The molecule has 0 bridgehead atoms. The Kier molecular flexibility index (Phi) is 11.2. The summed E-state index contributed by atoms with van der Waals surface area (Å²) >= 11 is 0. The number of nitro groups is 1. The van der Waals surface area contributed by atoms with Crippen molar-refractivity contribution in [3.05, 3.63) is 105 Å². The van der Waals surface area contributed by atoms with E-state index in [1.54, 1.807) is 81.4 Å². The lowest BCUT2D eigenvalue weighted by Gasteiger charge is -2.12. The molecule has 0 aliphatic heterocycles. The molecule has 1 aromatic heterocycles. The van der Waals surface area contributed by atoms with Crippen LogP contribution >= 0.6 is 0 Å². The number of carboxylic acids is 1. The average molecular weight is 617 g/mol. The highest BCUT2D eigenvalue weighted by molar-refractivity contribution is 6.05. The molecule has 45 heavy (non-hydrogen) atoms. The minimum absolute atomic E-state index is 0.181. The fourth-order valence-electron chi connectivity index (χ4n) is 4.06. The van der Waals surface area contributed by atoms with Gasteiger partial charge < -0.3 is 29.1 Å². The zero-order valence-corrected chi connectivity index (χ0v) is 25.5. The van der Waals surface area contributed by atoms with Crippen molar-refractivity contribution >= 4 is 29.2 Å². The third kappa shape index (κ3) is 8.14. The molecule has 0 aliphatic rings. The highest BCUT2D eigenvalue weighted by atomic mass is 16.6. The Bertz CT molecular complexity index is 1750. The Morgan fingerprint density at radius 3 is 2.11 bits per heavy atom. The smallest absolute Gasteiger partial charge is 0.341 e. The van der Waals surface area contributed by atoms with Gasteiger partial charge in [-0.25, -0.2) is 9.59 Å². The van der Waals surface area contributed by atoms with Gasteiger partial charge in [0, 0.05) is 22.4 Å². The lowest BCUT2D eigenvalue weighted by atomic mass is 10.00. The van der Waals surface area contributed by atoms with Crippen LogP contribution in [-0.2, 0) is 9.53 Å². The number of amides is 1. The van der Waals surface area contributed by atoms with E-state index in [0.29, 0.717) is 50.8 Å². The first-order valence-electron chi connectivity index (χ1n) is 13.4. The Hall–Kier alpha value is -5.91. The Morgan fingerprint density at radius 1 is 0.933 bits per heavy atom. The molecule has 0 radical (unpaired) electrons. The van der Waals surface area contributed by atoms with Gasteiger partial charge in [-0.2, -0.15) is 0 Å². The zero-order chi connectivity index (χ0) is 33.3. The summed E-state index contributed by atoms with van der Waals surface area (Å²) in [6.45, 7) is 4.93. The Morgan fingerprint density at radius 2 is 1.58 bits per heavy atom. The van der Waals surface area contributed by atoms with Crippen LogP contribution < -0.4 is 14.8 Å². The number of hydrogen-bond donors (Lipinski definition) is 2. The van der Waals surface area contributed by atoms with Gasteiger partial charge in [-0.15, -0.1) is 0 Å². The van der Waals surface area contributed by atoms with Crippen molar-refractivity contribution in [2.24, 2.45) is 0 Å². The van der Waals surface area contributed by atoms with E-state index in [2.05, 4.69) is 5.32 Å². The summed E-state index contributed by atoms with van der Waals surface area (Å²) in [7, 11) is 4.14. The molecule has 0 saturated carbocycles. The van der Waals surface area contributed by atoms with Crippen LogP contribution in [0.4, 0.5) is 11.4 Å². The van der Waals surface area contributed by atoms with E-state index in [0.717, 1.165) is 0 Å². The van der Waals surface area contributed by atoms with Crippen molar-refractivity contribution in [1.29, 1.82) is 0 Å². The maximum absolute atomic E-state index is 13.0. The molecule has 3 aromatic carbocycles. The van der Waals surface area contributed by atoms with Crippen molar-refractivity contribution < 1.29 is 43.0 Å². The van der Waals surface area contributed by atoms with Gasteiger partial charge in [0.1, 0.15) is 17.1 Å². The number of aryl methyl sites for hydroxylation is 1. The summed E-state index contributed by atoms with van der Waals surface area (Å²) in [6, 6.07) is 17.8. The summed E-state index contributed by atoms with van der Waals surface area (Å²) in [5, 5.41) is 22.7. The predicted molar refractivity (Wildman–Crippen MR) is 167 cm³/mol. The maximum atomic E-state index is 13.0. The van der Waals surface area contributed by atoms with Crippen LogP contribution in [0.5, 0.6) is 11.5 Å². The monoisotopic (exact) mass is 616 g/mol. The second kappa shape index (κ2) is 15.0. The second-order valence-electron chi connectivity index (χ2n) is 9.44. The number of furan rings is 1. The first kappa shape index (κ1) is 33.6. The number of nitro benzene ring substituents is 1. The number of carbonyl (C=O) groups excluding carboxylic acids is 2. The van der Waals surface area contributed by atoms with Gasteiger partial charge in [-0.3, -0.25) is 14.9 Å². The molecule has 0 atom stereocenters. The molecule has 234 valence electrons. The zero-order valence-electron chi connectivity index (χ0n) is 25.5. The molecular weight excluding hydrogens is 584 g/mol. The molecule has 0 aliphatic carbocycles. The van der Waals surface area contributed by atoms with Gasteiger partial charge in [0.15, 0.2) is 11.5 Å². The first-order chi connectivity index (χ1) is 21.4. The number of benzene rings is 3. The van der Waals surface area contributed by atoms with E-state index in [1.165, 1.54) is 33.5 Å². The third-order valence-corrected chi connectivity index (χ3v) is 6.66. The standard InChI is InChI=1S/C28H24N2O8.C5H8O2/c1-16-21(28(32)37-4)13-24(38-16)17-8-10-20(11-9-17)29-27(31)19-7-5-6-18(12-19)22-14-25(35-2)26(36-3)15-23(22)30(33)34;1-3-4(2)5(6)7/h5-15H,1-4H3,(H,29,31);3H,1-2H3,(H,6,7)/b;4-3-. The van der Waals surface area contributed by atoms with Gasteiger partial charge in [0.2, 0.25) is 0 Å². The number of esters is 1. The van der Waals surface area contributed by atoms with Gasteiger partial charge >= 0.3 is 11.9 Å². The molecule has 1 heterocycles. The number of carboxylic acid groups (broad SMARTS) is 1. The van der Waals surface area contributed by atoms with Gasteiger partial charge in [-0.05, 0) is 74.9 Å². The van der Waals surface area contributed by atoms with Gasteiger partial charge in [0.25, 0.3) is 11.6 Å². The van der Waals surface area contributed by atoms with Crippen LogP contribution in [0.2, 0.25) is 0 Å². The number of hydrogen-bond acceptors (Lipinski definition) is 9. The molecule has 4 rings (SSSR count). The van der Waals surface area contributed by atoms with Crippen LogP contribution in [0.1, 0.15) is 40.3 Å². The van der Waals surface area contributed by atoms with E-state index in [1.807, 2.05) is 0 Å². The van der Waals surface area contributed by atoms with E-state index in [4.69, 9.17) is 23.7 Å². The van der Waals surface area contributed by atoms with E-state index in [-0.39, 0.29) is 17.0 Å². The summed E-state index contributed by atoms with van der Waals surface area (Å²) in [6.07, 6.45) is 1.56. The van der Waals surface area contributed by atoms with E-state index >= 15 is 0 Å². The van der Waals surface area contributed by atoms with E-state index < -0.39 is 22.8 Å². The predicted octanol–water partition coefficient (Wildman–Crippen LogP) is 6.92. The second-order valence-corrected chi connectivity index (χ2v) is 9.44. The number of nitrogens with zero attached hydrogens (tertiary/aromatic N) is 1. The lowest BCUT2D eigenvalue weighted by Crippen LogP contribution is -2.11. The van der Waals surface area contributed by atoms with Crippen molar-refractivity contribution in [1.82, 2.24) is 0 Å². The van der Waals surface area contributed by atoms with Crippen molar-refractivity contribution in [3.8, 4) is 33.9 Å². The van der Waals surface area contributed by atoms with Gasteiger partial charge in [0.05, 0.1) is 37.9 Å². The van der Waals surface area contributed by atoms with Crippen LogP contribution in [0.15, 0.2) is 82.8 Å². The van der Waals surface area contributed by atoms with Crippen molar-refractivity contribution in [2.45, 2.75) is 20.8 Å². The summed E-state index contributed by atoms with van der Waals surface area (Å²) in [4.78, 5) is 45.9. The molecule has 12 nitrogen and oxygen atoms in total. The quantitative estimate of drug-likeness (QED) is 0.0871. The SMILES string of the molecule is C/C=C(/C)C(=O)O.COC(=O)c1cc(-c2ccc(NC(=O)c3cccc(-c4cc(OC)c(OC)cc4[N+](=O)[O-])c3)cc2)oc1C. The number of nitrogens with one attached hydrogen (secondary N) is 1. The molecule has 1 amide bonds. The number of methoxy groups -OCH3 is 3. The van der Waals surface area contributed by atoms with Gasteiger partial charge in [-0.1, -0.05) is 18.2 Å². The Labute approximate surface area is 259 Å². The van der Waals surface area contributed by atoms with E-state index in [9.17, 15) is 24.5 Å². The molecule has 12 heteroatoms. The topological polar surface area (TPSA) is 167 Å². The molecule has 0 fully saturated rings. The average Bonchev–Trinajstić information content (AvgIpc) is 3.45. The van der Waals surface area contributed by atoms with Crippen LogP contribution in [-0.4, -0.2) is 49.2 Å². The molecule has 0 saturated heterocycles. The normalized spacial score (nSPS) is 10.7. The molecule has 2 N–H and O–H groups in total. The minimum atomic E-state index is -0.845. The minimum Gasteiger partial charge on any atom is -0.493 e. The summed E-state index contributed by atoms with van der Waals surface area (Å²) in [5.41, 5.74) is 2.84. The molecule has 0 spiro atoms. The fourth-order valence-corrected chi connectivity index (χ4v) is 4.06. The largest absolute Gasteiger partial charge is 0.493 e. The summed E-state index contributed by atoms with van der Waals surface area (Å²) in [5.74, 6) is -0.238. The number of anilines is 1. The fraction of sp³-hybridized carbons (Fsp3) is 0.182. The van der Waals surface area contributed by atoms with Crippen LogP contribution in [0.3, 0.4) is 0 Å².